The van der Waals surface area contributed by atoms with E-state index in [2.05, 4.69) is 9.80 Å². The number of carbonyl (C=O) groups is 1. The Hall–Kier alpha value is -0.160. The molecule has 6 fully saturated rings. The second-order valence-electron chi connectivity index (χ2n) is 6.22. The molecular formula is C14H25ClN2O2. The molecule has 6 saturated heterocycles. The molecule has 0 unspecified atom stereocenters. The van der Waals surface area contributed by atoms with Gasteiger partial charge in [-0.25, -0.2) is 0 Å². The van der Waals surface area contributed by atoms with Gasteiger partial charge in [0.15, 0.2) is 0 Å². The highest BCUT2D eigenvalue weighted by Crippen LogP contribution is 2.27. The molecule has 4 bridgehead atoms. The molecule has 4 nitrogen and oxygen atoms in total. The van der Waals surface area contributed by atoms with Gasteiger partial charge in [0.05, 0.1) is 12.6 Å². The van der Waals surface area contributed by atoms with E-state index in [1.807, 2.05) is 0 Å². The van der Waals surface area contributed by atoms with E-state index < -0.39 is 0 Å². The van der Waals surface area contributed by atoms with E-state index in [0.29, 0.717) is 17.6 Å². The van der Waals surface area contributed by atoms with Crippen molar-refractivity contribution in [3.63, 3.8) is 0 Å². The van der Waals surface area contributed by atoms with Gasteiger partial charge in [-0.05, 0) is 57.8 Å². The SMILES string of the molecule is Cl.O=C1CN2CCC1CC2.O[C@@H]1CN2CCC1CC2. The Morgan fingerprint density at radius 3 is 1.74 bits per heavy atom. The zero-order valence-electron chi connectivity index (χ0n) is 11.5. The molecule has 0 aromatic carbocycles. The molecule has 0 aliphatic carbocycles. The summed E-state index contributed by atoms with van der Waals surface area (Å²) >= 11 is 0. The normalized spacial score (nSPS) is 43.2. The summed E-state index contributed by atoms with van der Waals surface area (Å²) in [6, 6.07) is 0. The van der Waals surface area contributed by atoms with Gasteiger partial charge in [0.2, 0.25) is 0 Å². The summed E-state index contributed by atoms with van der Waals surface area (Å²) < 4.78 is 0. The molecule has 0 aromatic heterocycles. The molecule has 110 valence electrons. The molecule has 6 aliphatic heterocycles. The van der Waals surface area contributed by atoms with Gasteiger partial charge in [0.25, 0.3) is 0 Å². The van der Waals surface area contributed by atoms with Gasteiger partial charge in [0, 0.05) is 12.5 Å². The molecule has 6 heterocycles. The number of Topliss-reactive ketones (excluding diaryl/α,β-unsaturated/α-hetero) is 1. The minimum atomic E-state index is -0.00694. The Labute approximate surface area is 121 Å². The van der Waals surface area contributed by atoms with Crippen LogP contribution in [0.1, 0.15) is 25.7 Å². The average Bonchev–Trinajstić information content (AvgIpc) is 2.41. The van der Waals surface area contributed by atoms with E-state index in [4.69, 9.17) is 0 Å². The maximum absolute atomic E-state index is 11.0. The van der Waals surface area contributed by atoms with Crippen molar-refractivity contribution in [1.29, 1.82) is 0 Å². The number of hydrogen-bond donors (Lipinski definition) is 1. The van der Waals surface area contributed by atoms with E-state index in [9.17, 15) is 9.90 Å². The number of ketones is 1. The van der Waals surface area contributed by atoms with Crippen LogP contribution >= 0.6 is 12.4 Å². The average molecular weight is 289 g/mol. The molecule has 0 spiro atoms. The largest absolute Gasteiger partial charge is 0.392 e. The van der Waals surface area contributed by atoms with Crippen LogP contribution in [0.15, 0.2) is 0 Å². The topological polar surface area (TPSA) is 43.8 Å². The Morgan fingerprint density at radius 2 is 1.53 bits per heavy atom. The van der Waals surface area contributed by atoms with E-state index in [-0.39, 0.29) is 18.5 Å². The van der Waals surface area contributed by atoms with Gasteiger partial charge in [-0.2, -0.15) is 0 Å². The lowest BCUT2D eigenvalue weighted by Crippen LogP contribution is -2.50. The molecule has 0 radical (unpaired) electrons. The van der Waals surface area contributed by atoms with E-state index in [1.165, 1.54) is 25.9 Å². The van der Waals surface area contributed by atoms with Crippen LogP contribution in [-0.2, 0) is 4.79 Å². The number of aliphatic hydroxyl groups excluding tert-OH is 1. The van der Waals surface area contributed by atoms with Crippen LogP contribution in [0.25, 0.3) is 0 Å². The van der Waals surface area contributed by atoms with Crippen molar-refractivity contribution >= 4 is 18.2 Å². The minimum absolute atomic E-state index is 0. The molecule has 19 heavy (non-hydrogen) atoms. The van der Waals surface area contributed by atoms with Gasteiger partial charge in [-0.15, -0.1) is 12.4 Å². The summed E-state index contributed by atoms with van der Waals surface area (Å²) in [5, 5.41) is 9.36. The van der Waals surface area contributed by atoms with E-state index in [1.54, 1.807) is 0 Å². The first-order valence-electron chi connectivity index (χ1n) is 7.38. The van der Waals surface area contributed by atoms with Crippen molar-refractivity contribution in [2.75, 3.05) is 39.3 Å². The lowest BCUT2D eigenvalue weighted by atomic mass is 9.86. The Balaban J connectivity index is 0.000000133. The van der Waals surface area contributed by atoms with Crippen LogP contribution in [-0.4, -0.2) is 66.1 Å². The number of hydrogen-bond acceptors (Lipinski definition) is 4. The summed E-state index contributed by atoms with van der Waals surface area (Å²) in [7, 11) is 0. The van der Waals surface area contributed by atoms with Crippen molar-refractivity contribution in [3.05, 3.63) is 0 Å². The maximum Gasteiger partial charge on any atom is 0.149 e. The first kappa shape index (κ1) is 15.2. The van der Waals surface area contributed by atoms with Crippen LogP contribution in [0.2, 0.25) is 0 Å². The summed E-state index contributed by atoms with van der Waals surface area (Å²) in [6.07, 6.45) is 4.69. The zero-order valence-corrected chi connectivity index (χ0v) is 12.3. The lowest BCUT2D eigenvalue weighted by Gasteiger charge is -2.42. The number of rotatable bonds is 0. The molecule has 6 aliphatic rings. The van der Waals surface area contributed by atoms with Crippen molar-refractivity contribution in [2.24, 2.45) is 11.8 Å². The molecule has 1 N–H and O–H groups in total. The van der Waals surface area contributed by atoms with Crippen LogP contribution in [0, 0.1) is 11.8 Å². The Kier molecular flexibility index (Phi) is 5.23. The third kappa shape index (κ3) is 3.48. The second kappa shape index (κ2) is 6.53. The van der Waals surface area contributed by atoms with Gasteiger partial charge in [0.1, 0.15) is 5.78 Å². The number of aliphatic hydroxyl groups is 1. The molecule has 6 rings (SSSR count). The van der Waals surface area contributed by atoms with E-state index in [0.717, 1.165) is 39.0 Å². The summed E-state index contributed by atoms with van der Waals surface area (Å²) in [5.74, 6) is 1.55. The van der Waals surface area contributed by atoms with Gasteiger partial charge < -0.3 is 10.0 Å². The molecule has 0 amide bonds. The van der Waals surface area contributed by atoms with Crippen LogP contribution in [0.3, 0.4) is 0 Å². The molecule has 0 saturated carbocycles. The fourth-order valence-corrected chi connectivity index (χ4v) is 3.70. The fourth-order valence-electron chi connectivity index (χ4n) is 3.70. The van der Waals surface area contributed by atoms with Crippen molar-refractivity contribution < 1.29 is 9.90 Å². The smallest absolute Gasteiger partial charge is 0.149 e. The quantitative estimate of drug-likeness (QED) is 0.715. The van der Waals surface area contributed by atoms with Crippen molar-refractivity contribution in [2.45, 2.75) is 31.8 Å². The predicted molar refractivity (Wildman–Crippen MR) is 76.6 cm³/mol. The first-order valence-corrected chi connectivity index (χ1v) is 7.38. The lowest BCUT2D eigenvalue weighted by molar-refractivity contribution is -0.130. The zero-order chi connectivity index (χ0) is 12.5. The predicted octanol–water partition coefficient (Wildman–Crippen LogP) is 0.776. The van der Waals surface area contributed by atoms with Gasteiger partial charge in [-0.1, -0.05) is 0 Å². The fraction of sp³-hybridized carbons (Fsp3) is 0.929. The summed E-state index contributed by atoms with van der Waals surface area (Å²) in [6.45, 7) is 6.45. The van der Waals surface area contributed by atoms with Crippen molar-refractivity contribution in [3.8, 4) is 0 Å². The molecule has 0 aromatic rings. The Morgan fingerprint density at radius 1 is 0.947 bits per heavy atom. The highest BCUT2D eigenvalue weighted by molar-refractivity contribution is 5.85. The van der Waals surface area contributed by atoms with Gasteiger partial charge >= 0.3 is 0 Å². The first-order chi connectivity index (χ1) is 8.72. The second-order valence-corrected chi connectivity index (χ2v) is 6.22. The number of halogens is 1. The monoisotopic (exact) mass is 288 g/mol. The maximum atomic E-state index is 11.0. The molecule has 5 heteroatoms. The third-order valence-corrected chi connectivity index (χ3v) is 5.04. The minimum Gasteiger partial charge on any atom is -0.392 e. The highest BCUT2D eigenvalue weighted by atomic mass is 35.5. The number of piperidine rings is 6. The third-order valence-electron chi connectivity index (χ3n) is 5.04. The van der Waals surface area contributed by atoms with E-state index >= 15 is 0 Å². The summed E-state index contributed by atoms with van der Waals surface area (Å²) in [4.78, 5) is 15.6. The number of fused-ring (bicyclic) bond motifs is 6. The van der Waals surface area contributed by atoms with Crippen LogP contribution in [0.5, 0.6) is 0 Å². The van der Waals surface area contributed by atoms with Gasteiger partial charge in [-0.3, -0.25) is 9.69 Å². The number of nitrogens with zero attached hydrogens (tertiary/aromatic N) is 2. The number of carbonyl (C=O) groups excluding carboxylic acids is 1. The Bertz CT molecular complexity index is 311. The molecular weight excluding hydrogens is 264 g/mol. The van der Waals surface area contributed by atoms with Crippen molar-refractivity contribution in [1.82, 2.24) is 9.80 Å². The van der Waals surface area contributed by atoms with Crippen LogP contribution in [0.4, 0.5) is 0 Å². The standard InChI is InChI=1S/C7H13NO.C7H11NO.ClH/c2*9-7-5-8-3-1-6(7)2-4-8;/h6-7,9H,1-5H2;6H,1-5H2;1H/t7-;;/m1../s1. The van der Waals surface area contributed by atoms with Crippen LogP contribution < -0.4 is 0 Å². The highest BCUT2D eigenvalue weighted by Gasteiger charge is 2.32. The molecule has 1 atom stereocenters. The summed E-state index contributed by atoms with van der Waals surface area (Å²) in [5.41, 5.74) is 0.